The Kier molecular flexibility index (Phi) is 4.76. The molecule has 3 rings (SSSR count). The molecule has 0 bridgehead atoms. The number of carbonyl (C=O) groups is 3. The number of halogens is 1. The molecule has 1 aromatic carbocycles. The maximum absolute atomic E-state index is 12.7. The first kappa shape index (κ1) is 16.8. The van der Waals surface area contributed by atoms with Gasteiger partial charge in [0.2, 0.25) is 17.7 Å². The Labute approximate surface area is 145 Å². The minimum Gasteiger partial charge on any atom is -0.369 e. The molecule has 128 valence electrons. The molecule has 0 aliphatic carbocycles. The lowest BCUT2D eigenvalue weighted by molar-refractivity contribution is -0.138. The van der Waals surface area contributed by atoms with Gasteiger partial charge in [-0.25, -0.2) is 0 Å². The molecule has 2 fully saturated rings. The second-order valence-corrected chi connectivity index (χ2v) is 6.82. The van der Waals surface area contributed by atoms with Gasteiger partial charge in [-0.1, -0.05) is 11.6 Å². The van der Waals surface area contributed by atoms with Crippen molar-refractivity contribution in [2.24, 2.45) is 17.6 Å². The predicted octanol–water partition coefficient (Wildman–Crippen LogP) is 1.42. The van der Waals surface area contributed by atoms with E-state index in [0.717, 1.165) is 5.69 Å². The summed E-state index contributed by atoms with van der Waals surface area (Å²) in [6.45, 7) is 1.44. The van der Waals surface area contributed by atoms with E-state index >= 15 is 0 Å². The first-order valence-corrected chi connectivity index (χ1v) is 8.47. The Morgan fingerprint density at radius 2 is 1.71 bits per heavy atom. The van der Waals surface area contributed by atoms with Gasteiger partial charge in [-0.3, -0.25) is 14.4 Å². The largest absolute Gasteiger partial charge is 0.369 e. The number of hydrogen-bond acceptors (Lipinski definition) is 3. The van der Waals surface area contributed by atoms with Gasteiger partial charge in [0.1, 0.15) is 0 Å². The second kappa shape index (κ2) is 6.81. The van der Waals surface area contributed by atoms with Crippen molar-refractivity contribution in [3.8, 4) is 0 Å². The van der Waals surface area contributed by atoms with E-state index in [1.54, 1.807) is 34.1 Å². The molecule has 0 spiro atoms. The fourth-order valence-electron chi connectivity index (χ4n) is 3.39. The molecule has 7 heteroatoms. The monoisotopic (exact) mass is 349 g/mol. The van der Waals surface area contributed by atoms with Crippen LogP contribution in [0.25, 0.3) is 0 Å². The number of nitrogens with zero attached hydrogens (tertiary/aromatic N) is 2. The average Bonchev–Trinajstić information content (AvgIpc) is 2.97. The maximum atomic E-state index is 12.7. The van der Waals surface area contributed by atoms with E-state index in [4.69, 9.17) is 17.3 Å². The van der Waals surface area contributed by atoms with Crippen LogP contribution < -0.4 is 10.6 Å². The Morgan fingerprint density at radius 3 is 2.29 bits per heavy atom. The Hall–Kier alpha value is -2.08. The van der Waals surface area contributed by atoms with E-state index in [2.05, 4.69) is 0 Å². The van der Waals surface area contributed by atoms with Crippen LogP contribution in [0.15, 0.2) is 24.3 Å². The minimum absolute atomic E-state index is 0.0114. The molecule has 2 saturated heterocycles. The molecule has 2 heterocycles. The van der Waals surface area contributed by atoms with Gasteiger partial charge in [0.25, 0.3) is 0 Å². The van der Waals surface area contributed by atoms with E-state index in [9.17, 15) is 14.4 Å². The van der Waals surface area contributed by atoms with Crippen molar-refractivity contribution < 1.29 is 14.4 Å². The summed E-state index contributed by atoms with van der Waals surface area (Å²) >= 11 is 5.87. The van der Waals surface area contributed by atoms with Gasteiger partial charge in [0.05, 0.1) is 5.92 Å². The van der Waals surface area contributed by atoms with Crippen LogP contribution in [-0.4, -0.2) is 42.3 Å². The molecule has 1 aromatic rings. The quantitative estimate of drug-likeness (QED) is 0.895. The van der Waals surface area contributed by atoms with Crippen LogP contribution in [-0.2, 0) is 14.4 Å². The summed E-state index contributed by atoms with van der Waals surface area (Å²) in [5.41, 5.74) is 6.08. The predicted molar refractivity (Wildman–Crippen MR) is 90.4 cm³/mol. The van der Waals surface area contributed by atoms with Crippen LogP contribution >= 0.6 is 11.6 Å². The molecular weight excluding hydrogens is 330 g/mol. The number of anilines is 1. The number of primary amides is 1. The molecule has 6 nitrogen and oxygen atoms in total. The van der Waals surface area contributed by atoms with E-state index in [-0.39, 0.29) is 36.0 Å². The van der Waals surface area contributed by atoms with E-state index in [0.29, 0.717) is 37.5 Å². The van der Waals surface area contributed by atoms with Gasteiger partial charge in [-0.15, -0.1) is 0 Å². The summed E-state index contributed by atoms with van der Waals surface area (Å²) in [6, 6.07) is 7.03. The third kappa shape index (κ3) is 3.38. The van der Waals surface area contributed by atoms with E-state index in [1.165, 1.54) is 0 Å². The lowest BCUT2D eigenvalue weighted by Gasteiger charge is -2.32. The smallest absolute Gasteiger partial charge is 0.228 e. The number of carbonyl (C=O) groups excluding carboxylic acids is 3. The van der Waals surface area contributed by atoms with Gasteiger partial charge in [-0.05, 0) is 37.1 Å². The summed E-state index contributed by atoms with van der Waals surface area (Å²) in [5, 5.41) is 0.607. The standard InChI is InChI=1S/C17H20ClN3O3/c18-13-1-3-14(4-2-13)21-10-12(9-15(21)22)17(24)20-7-5-11(6-8-20)16(19)23/h1-4,11-12H,5-10H2,(H2,19,23). The number of amides is 3. The molecular formula is C17H20ClN3O3. The highest BCUT2D eigenvalue weighted by Gasteiger charge is 2.38. The SMILES string of the molecule is NC(=O)C1CCN(C(=O)C2CC(=O)N(c3ccc(Cl)cc3)C2)CC1. The molecule has 0 radical (unpaired) electrons. The Bertz CT molecular complexity index is 654. The maximum Gasteiger partial charge on any atom is 0.228 e. The van der Waals surface area contributed by atoms with Gasteiger partial charge in [-0.2, -0.15) is 0 Å². The summed E-state index contributed by atoms with van der Waals surface area (Å²) in [5.74, 6) is -0.847. The zero-order valence-corrected chi connectivity index (χ0v) is 14.0. The van der Waals surface area contributed by atoms with Crippen molar-refractivity contribution in [1.82, 2.24) is 4.90 Å². The van der Waals surface area contributed by atoms with E-state index in [1.807, 2.05) is 0 Å². The summed E-state index contributed by atoms with van der Waals surface area (Å²) in [7, 11) is 0. The zero-order valence-electron chi connectivity index (χ0n) is 13.3. The number of hydrogen-bond donors (Lipinski definition) is 1. The van der Waals surface area contributed by atoms with Crippen molar-refractivity contribution in [3.63, 3.8) is 0 Å². The van der Waals surface area contributed by atoms with Gasteiger partial charge >= 0.3 is 0 Å². The Morgan fingerprint density at radius 1 is 1.08 bits per heavy atom. The third-order valence-electron chi connectivity index (χ3n) is 4.82. The molecule has 2 aliphatic rings. The number of piperidine rings is 1. The fraction of sp³-hybridized carbons (Fsp3) is 0.471. The molecule has 2 N–H and O–H groups in total. The van der Waals surface area contributed by atoms with Crippen molar-refractivity contribution in [3.05, 3.63) is 29.3 Å². The fourth-order valence-corrected chi connectivity index (χ4v) is 3.51. The number of rotatable bonds is 3. The highest BCUT2D eigenvalue weighted by Crippen LogP contribution is 2.28. The lowest BCUT2D eigenvalue weighted by Crippen LogP contribution is -2.44. The average molecular weight is 350 g/mol. The summed E-state index contributed by atoms with van der Waals surface area (Å²) < 4.78 is 0. The van der Waals surface area contributed by atoms with Crippen LogP contribution in [0.2, 0.25) is 5.02 Å². The number of nitrogens with two attached hydrogens (primary N) is 1. The number of likely N-dealkylation sites (tertiary alicyclic amines) is 1. The summed E-state index contributed by atoms with van der Waals surface area (Å²) in [6.07, 6.45) is 1.42. The Balaban J connectivity index is 1.62. The normalized spacial score (nSPS) is 22.0. The molecule has 3 amide bonds. The highest BCUT2D eigenvalue weighted by atomic mass is 35.5. The van der Waals surface area contributed by atoms with Crippen LogP contribution in [0.4, 0.5) is 5.69 Å². The van der Waals surface area contributed by atoms with Crippen LogP contribution in [0.1, 0.15) is 19.3 Å². The second-order valence-electron chi connectivity index (χ2n) is 6.38. The van der Waals surface area contributed by atoms with Crippen molar-refractivity contribution >= 4 is 35.0 Å². The molecule has 2 aliphatic heterocycles. The van der Waals surface area contributed by atoms with Gasteiger partial charge < -0.3 is 15.5 Å². The molecule has 1 unspecified atom stereocenters. The molecule has 1 atom stereocenters. The first-order chi connectivity index (χ1) is 11.5. The zero-order chi connectivity index (χ0) is 17.3. The molecule has 0 aromatic heterocycles. The lowest BCUT2D eigenvalue weighted by atomic mass is 9.95. The third-order valence-corrected chi connectivity index (χ3v) is 5.07. The molecule has 24 heavy (non-hydrogen) atoms. The highest BCUT2D eigenvalue weighted by molar-refractivity contribution is 6.30. The van der Waals surface area contributed by atoms with Gasteiger partial charge in [0.15, 0.2) is 0 Å². The summed E-state index contributed by atoms with van der Waals surface area (Å²) in [4.78, 5) is 39.5. The molecule has 0 saturated carbocycles. The van der Waals surface area contributed by atoms with Crippen LogP contribution in [0.5, 0.6) is 0 Å². The van der Waals surface area contributed by atoms with Gasteiger partial charge in [0, 0.05) is 42.7 Å². The van der Waals surface area contributed by atoms with E-state index < -0.39 is 0 Å². The van der Waals surface area contributed by atoms with Crippen LogP contribution in [0, 0.1) is 11.8 Å². The minimum atomic E-state index is -0.335. The van der Waals surface area contributed by atoms with Crippen molar-refractivity contribution in [2.75, 3.05) is 24.5 Å². The van der Waals surface area contributed by atoms with Crippen LogP contribution in [0.3, 0.4) is 0 Å². The van der Waals surface area contributed by atoms with Crippen molar-refractivity contribution in [2.45, 2.75) is 19.3 Å². The van der Waals surface area contributed by atoms with Crippen molar-refractivity contribution in [1.29, 1.82) is 0 Å². The number of benzene rings is 1. The topological polar surface area (TPSA) is 83.7 Å². The first-order valence-electron chi connectivity index (χ1n) is 8.09.